The van der Waals surface area contributed by atoms with Crippen LogP contribution in [0.2, 0.25) is 5.02 Å². The van der Waals surface area contributed by atoms with Crippen molar-refractivity contribution in [1.29, 1.82) is 0 Å². The fraction of sp³-hybridized carbons (Fsp3) is 0.294. The van der Waals surface area contributed by atoms with E-state index in [1.807, 2.05) is 38.4 Å². The Hall–Kier alpha value is -1.56. The second-order valence-corrected chi connectivity index (χ2v) is 7.07. The van der Waals surface area contributed by atoms with Gasteiger partial charge in [0.2, 0.25) is 0 Å². The highest BCUT2D eigenvalue weighted by Gasteiger charge is 2.15. The molecule has 0 aliphatic heterocycles. The first-order chi connectivity index (χ1) is 11.0. The number of halogens is 1. The summed E-state index contributed by atoms with van der Waals surface area (Å²) < 4.78 is 0. The second kappa shape index (κ2) is 8.34. The number of aryl methyl sites for hydroxylation is 1. The zero-order chi connectivity index (χ0) is 16.8. The molecule has 0 atom stereocenters. The minimum atomic E-state index is -0.312. The van der Waals surface area contributed by atoms with Crippen LogP contribution in [0.1, 0.15) is 12.0 Å². The monoisotopic (exact) mass is 350 g/mol. The van der Waals surface area contributed by atoms with Crippen molar-refractivity contribution in [2.45, 2.75) is 22.6 Å². The lowest BCUT2D eigenvalue weighted by Gasteiger charge is -2.09. The summed E-state index contributed by atoms with van der Waals surface area (Å²) in [6.45, 7) is 0.967. The molecule has 0 saturated carbocycles. The molecule has 0 spiro atoms. The number of nitrogens with zero attached hydrogens (tertiary/aromatic N) is 2. The summed E-state index contributed by atoms with van der Waals surface area (Å²) in [5.41, 5.74) is 1.16. The largest absolute Gasteiger partial charge is 0.309 e. The number of hydrogen-bond acceptors (Lipinski definition) is 4. The molecule has 0 saturated heterocycles. The lowest BCUT2D eigenvalue weighted by molar-refractivity contribution is -0.387. The van der Waals surface area contributed by atoms with Crippen LogP contribution in [0.4, 0.5) is 5.69 Å². The molecule has 0 aliphatic carbocycles. The van der Waals surface area contributed by atoms with Crippen LogP contribution in [0.15, 0.2) is 52.3 Å². The molecule has 0 aliphatic rings. The topological polar surface area (TPSA) is 46.4 Å². The highest BCUT2D eigenvalue weighted by molar-refractivity contribution is 7.99. The molecule has 4 nitrogen and oxygen atoms in total. The van der Waals surface area contributed by atoms with E-state index in [1.165, 1.54) is 11.8 Å². The minimum absolute atomic E-state index is 0.160. The fourth-order valence-corrected chi connectivity index (χ4v) is 3.20. The van der Waals surface area contributed by atoms with E-state index in [4.69, 9.17) is 11.6 Å². The van der Waals surface area contributed by atoms with Gasteiger partial charge in [-0.2, -0.15) is 0 Å². The zero-order valence-corrected chi connectivity index (χ0v) is 14.7. The van der Waals surface area contributed by atoms with E-state index in [-0.39, 0.29) is 10.6 Å². The average molecular weight is 351 g/mol. The molecule has 0 bridgehead atoms. The molecule has 23 heavy (non-hydrogen) atoms. The van der Waals surface area contributed by atoms with Crippen LogP contribution in [0.5, 0.6) is 0 Å². The molecule has 0 N–H and O–H groups in total. The van der Waals surface area contributed by atoms with Crippen LogP contribution in [0.3, 0.4) is 0 Å². The molecule has 0 fully saturated rings. The molecule has 2 rings (SSSR count). The molecule has 0 amide bonds. The molecule has 0 unspecified atom stereocenters. The van der Waals surface area contributed by atoms with Crippen LogP contribution in [-0.4, -0.2) is 30.5 Å². The number of nitro groups is 1. The summed E-state index contributed by atoms with van der Waals surface area (Å²) in [4.78, 5) is 14.7. The van der Waals surface area contributed by atoms with E-state index >= 15 is 0 Å². The number of hydrogen-bond donors (Lipinski definition) is 0. The highest BCUT2D eigenvalue weighted by Crippen LogP contribution is 2.35. The van der Waals surface area contributed by atoms with E-state index in [0.29, 0.717) is 9.92 Å². The third-order valence-electron chi connectivity index (χ3n) is 3.33. The van der Waals surface area contributed by atoms with Gasteiger partial charge in [0, 0.05) is 16.0 Å². The van der Waals surface area contributed by atoms with Gasteiger partial charge in [0.25, 0.3) is 5.69 Å². The maximum Gasteiger partial charge on any atom is 0.283 e. The van der Waals surface area contributed by atoms with Crippen LogP contribution >= 0.6 is 23.4 Å². The lowest BCUT2D eigenvalue weighted by atomic mass is 10.1. The predicted molar refractivity (Wildman–Crippen MR) is 95.5 cm³/mol. The number of rotatable bonds is 7. The maximum atomic E-state index is 11.4. The number of nitro benzene ring substituents is 1. The van der Waals surface area contributed by atoms with E-state index in [9.17, 15) is 10.1 Å². The van der Waals surface area contributed by atoms with Crippen molar-refractivity contribution < 1.29 is 4.92 Å². The van der Waals surface area contributed by atoms with Crippen molar-refractivity contribution in [2.75, 3.05) is 20.6 Å². The first-order valence-corrected chi connectivity index (χ1v) is 8.50. The Bertz CT molecular complexity index is 675. The van der Waals surface area contributed by atoms with Crippen molar-refractivity contribution in [3.8, 4) is 0 Å². The molecule has 0 aromatic heterocycles. The van der Waals surface area contributed by atoms with Crippen LogP contribution in [0, 0.1) is 10.1 Å². The summed E-state index contributed by atoms with van der Waals surface area (Å²) in [6, 6.07) is 12.8. The van der Waals surface area contributed by atoms with Crippen LogP contribution in [-0.2, 0) is 6.42 Å². The second-order valence-electron chi connectivity index (χ2n) is 5.52. The molecule has 2 aromatic carbocycles. The first kappa shape index (κ1) is 17.8. The Balaban J connectivity index is 2.16. The normalized spacial score (nSPS) is 11.0. The molecule has 0 radical (unpaired) electrons. The van der Waals surface area contributed by atoms with Gasteiger partial charge in [-0.25, -0.2) is 0 Å². The Labute approximate surface area is 145 Å². The average Bonchev–Trinajstić information content (AvgIpc) is 2.50. The van der Waals surface area contributed by atoms with Crippen molar-refractivity contribution >= 4 is 29.1 Å². The van der Waals surface area contributed by atoms with Gasteiger partial charge in [-0.05, 0) is 69.4 Å². The van der Waals surface area contributed by atoms with Gasteiger partial charge in [0.1, 0.15) is 0 Å². The van der Waals surface area contributed by atoms with Crippen molar-refractivity contribution in [3.63, 3.8) is 0 Å². The standard InChI is InChI=1S/C17H19ClN2O2S/c1-19(2)11-3-4-13-5-10-17(16(12-13)20(21)22)23-15-8-6-14(18)7-9-15/h5-10,12H,3-4,11H2,1-2H3. The minimum Gasteiger partial charge on any atom is -0.309 e. The van der Waals surface area contributed by atoms with Gasteiger partial charge in [0.05, 0.1) is 9.82 Å². The number of benzene rings is 2. The van der Waals surface area contributed by atoms with Gasteiger partial charge in [0.15, 0.2) is 0 Å². The SMILES string of the molecule is CN(C)CCCc1ccc(Sc2ccc(Cl)cc2)c([N+](=O)[O-])c1. The third kappa shape index (κ3) is 5.53. The predicted octanol–water partition coefficient (Wildman–Crippen LogP) is 4.89. The molecule has 6 heteroatoms. The summed E-state index contributed by atoms with van der Waals surface area (Å²) in [6.07, 6.45) is 1.82. The summed E-state index contributed by atoms with van der Waals surface area (Å²) in [5.74, 6) is 0. The highest BCUT2D eigenvalue weighted by atomic mass is 35.5. The van der Waals surface area contributed by atoms with E-state index in [1.54, 1.807) is 18.2 Å². The van der Waals surface area contributed by atoms with E-state index < -0.39 is 0 Å². The Kier molecular flexibility index (Phi) is 6.45. The zero-order valence-electron chi connectivity index (χ0n) is 13.2. The summed E-state index contributed by atoms with van der Waals surface area (Å²) in [7, 11) is 4.04. The molecular formula is C17H19ClN2O2S. The van der Waals surface area contributed by atoms with Crippen LogP contribution in [0.25, 0.3) is 0 Å². The van der Waals surface area contributed by atoms with Crippen molar-refractivity contribution in [3.05, 3.63) is 63.2 Å². The van der Waals surface area contributed by atoms with E-state index in [2.05, 4.69) is 4.90 Å². The summed E-state index contributed by atoms with van der Waals surface area (Å²) in [5, 5.41) is 12.0. The van der Waals surface area contributed by atoms with Gasteiger partial charge < -0.3 is 4.90 Å². The molecule has 2 aromatic rings. The van der Waals surface area contributed by atoms with Crippen LogP contribution < -0.4 is 0 Å². The van der Waals surface area contributed by atoms with Crippen molar-refractivity contribution in [1.82, 2.24) is 4.90 Å². The molecular weight excluding hydrogens is 332 g/mol. The van der Waals surface area contributed by atoms with Gasteiger partial charge in [-0.15, -0.1) is 0 Å². The lowest BCUT2D eigenvalue weighted by Crippen LogP contribution is -2.13. The smallest absolute Gasteiger partial charge is 0.283 e. The summed E-state index contributed by atoms with van der Waals surface area (Å²) >= 11 is 7.25. The molecule has 0 heterocycles. The Morgan fingerprint density at radius 2 is 1.87 bits per heavy atom. The van der Waals surface area contributed by atoms with Crippen molar-refractivity contribution in [2.24, 2.45) is 0 Å². The fourth-order valence-electron chi connectivity index (χ4n) is 2.18. The van der Waals surface area contributed by atoms with Gasteiger partial charge in [-0.1, -0.05) is 29.4 Å². The van der Waals surface area contributed by atoms with Gasteiger partial charge in [-0.3, -0.25) is 10.1 Å². The molecule has 122 valence electrons. The Morgan fingerprint density at radius 3 is 2.48 bits per heavy atom. The quantitative estimate of drug-likeness (QED) is 0.526. The first-order valence-electron chi connectivity index (χ1n) is 7.31. The van der Waals surface area contributed by atoms with Gasteiger partial charge >= 0.3 is 0 Å². The van der Waals surface area contributed by atoms with E-state index in [0.717, 1.165) is 29.8 Å². The Morgan fingerprint density at radius 1 is 1.17 bits per heavy atom. The maximum absolute atomic E-state index is 11.4. The third-order valence-corrected chi connectivity index (χ3v) is 4.66.